The molecule has 0 bridgehead atoms. The van der Waals surface area contributed by atoms with Crippen molar-refractivity contribution in [2.75, 3.05) is 11.9 Å². The highest BCUT2D eigenvalue weighted by molar-refractivity contribution is 9.10. The van der Waals surface area contributed by atoms with Crippen LogP contribution in [0.2, 0.25) is 0 Å². The summed E-state index contributed by atoms with van der Waals surface area (Å²) in [6, 6.07) is 3.74. The molecule has 0 aliphatic carbocycles. The van der Waals surface area contributed by atoms with Gasteiger partial charge < -0.3 is 11.1 Å². The Hall–Kier alpha value is -0.750. The lowest BCUT2D eigenvalue weighted by molar-refractivity contribution is -0.137. The van der Waals surface area contributed by atoms with Gasteiger partial charge in [0, 0.05) is 16.2 Å². The third-order valence-electron chi connectivity index (χ3n) is 2.92. The number of rotatable bonds is 5. The highest BCUT2D eigenvalue weighted by Crippen LogP contribution is 2.34. The van der Waals surface area contributed by atoms with Gasteiger partial charge in [0.1, 0.15) is 0 Å². The Balaban J connectivity index is 2.90. The van der Waals surface area contributed by atoms with E-state index in [0.29, 0.717) is 22.6 Å². The van der Waals surface area contributed by atoms with Gasteiger partial charge in [-0.1, -0.05) is 13.8 Å². The van der Waals surface area contributed by atoms with Crippen molar-refractivity contribution >= 4 is 21.6 Å². The molecule has 3 N–H and O–H groups in total. The molecular formula is C13H18BrF3N2. The van der Waals surface area contributed by atoms with Crippen molar-refractivity contribution in [3.05, 3.63) is 28.2 Å². The fourth-order valence-electron chi connectivity index (χ4n) is 1.76. The minimum absolute atomic E-state index is 0.137. The predicted octanol–water partition coefficient (Wildman–Crippen LogP) is 4.25. The maximum absolute atomic E-state index is 12.6. The summed E-state index contributed by atoms with van der Waals surface area (Å²) < 4.78 is 38.1. The van der Waals surface area contributed by atoms with Crippen LogP contribution in [0, 0.1) is 5.92 Å². The van der Waals surface area contributed by atoms with E-state index in [1.165, 1.54) is 6.07 Å². The van der Waals surface area contributed by atoms with Gasteiger partial charge >= 0.3 is 6.18 Å². The second kappa shape index (κ2) is 6.61. The Labute approximate surface area is 119 Å². The van der Waals surface area contributed by atoms with Crippen molar-refractivity contribution in [1.29, 1.82) is 0 Å². The van der Waals surface area contributed by atoms with Crippen LogP contribution >= 0.6 is 15.9 Å². The van der Waals surface area contributed by atoms with E-state index in [4.69, 9.17) is 5.73 Å². The van der Waals surface area contributed by atoms with Crippen LogP contribution in [0.5, 0.6) is 0 Å². The van der Waals surface area contributed by atoms with Gasteiger partial charge in [-0.15, -0.1) is 0 Å². The molecule has 1 unspecified atom stereocenters. The lowest BCUT2D eigenvalue weighted by Gasteiger charge is -2.24. The Morgan fingerprint density at radius 3 is 2.37 bits per heavy atom. The van der Waals surface area contributed by atoms with Crippen LogP contribution in [0.1, 0.15) is 25.8 Å². The summed E-state index contributed by atoms with van der Waals surface area (Å²) in [6.45, 7) is 4.63. The first kappa shape index (κ1) is 16.3. The zero-order chi connectivity index (χ0) is 14.6. The molecule has 1 rings (SSSR count). The maximum atomic E-state index is 12.6. The molecule has 0 spiro atoms. The Morgan fingerprint density at radius 2 is 1.95 bits per heavy atom. The van der Waals surface area contributed by atoms with Gasteiger partial charge in [-0.25, -0.2) is 0 Å². The van der Waals surface area contributed by atoms with Crippen molar-refractivity contribution in [2.45, 2.75) is 32.5 Å². The minimum Gasteiger partial charge on any atom is -0.381 e. The smallest absolute Gasteiger partial charge is 0.381 e. The number of nitrogens with one attached hydrogen (secondary N) is 1. The van der Waals surface area contributed by atoms with Crippen molar-refractivity contribution < 1.29 is 13.2 Å². The Bertz CT molecular complexity index is 419. The van der Waals surface area contributed by atoms with E-state index in [1.807, 2.05) is 13.8 Å². The van der Waals surface area contributed by atoms with Crippen LogP contribution in [0.25, 0.3) is 0 Å². The molecule has 0 aromatic heterocycles. The van der Waals surface area contributed by atoms with Crippen LogP contribution in [-0.4, -0.2) is 12.6 Å². The van der Waals surface area contributed by atoms with E-state index >= 15 is 0 Å². The third kappa shape index (κ3) is 4.69. The van der Waals surface area contributed by atoms with Gasteiger partial charge in [0.15, 0.2) is 0 Å². The van der Waals surface area contributed by atoms with Crippen molar-refractivity contribution in [3.8, 4) is 0 Å². The van der Waals surface area contributed by atoms with Crippen molar-refractivity contribution in [1.82, 2.24) is 0 Å². The number of nitrogens with two attached hydrogens (primary N) is 1. The standard InChI is InChI=1S/C13H18BrF3N2/c1-8(2)11(5-6-18)19-12-4-3-9(7-10(12)14)13(15,16)17/h3-4,7-8,11,19H,5-6,18H2,1-2H3. The quantitative estimate of drug-likeness (QED) is 0.842. The molecule has 0 saturated carbocycles. The van der Waals surface area contributed by atoms with Gasteiger partial charge in [0.2, 0.25) is 0 Å². The van der Waals surface area contributed by atoms with Crippen LogP contribution in [-0.2, 0) is 6.18 Å². The van der Waals surface area contributed by atoms with Gasteiger partial charge in [0.05, 0.1) is 5.56 Å². The molecule has 0 heterocycles. The van der Waals surface area contributed by atoms with Gasteiger partial charge in [0.25, 0.3) is 0 Å². The number of alkyl halides is 3. The molecule has 0 aliphatic heterocycles. The van der Waals surface area contributed by atoms with Crippen LogP contribution in [0.4, 0.5) is 18.9 Å². The van der Waals surface area contributed by atoms with E-state index in [-0.39, 0.29) is 6.04 Å². The topological polar surface area (TPSA) is 38.0 Å². The largest absolute Gasteiger partial charge is 0.416 e. The second-order valence-electron chi connectivity index (χ2n) is 4.76. The molecule has 19 heavy (non-hydrogen) atoms. The molecule has 0 fully saturated rings. The van der Waals surface area contributed by atoms with Crippen LogP contribution in [0.15, 0.2) is 22.7 Å². The van der Waals surface area contributed by atoms with E-state index in [2.05, 4.69) is 21.2 Å². The molecule has 1 atom stereocenters. The van der Waals surface area contributed by atoms with E-state index < -0.39 is 11.7 Å². The molecule has 1 aromatic carbocycles. The van der Waals surface area contributed by atoms with Gasteiger partial charge in [-0.3, -0.25) is 0 Å². The minimum atomic E-state index is -4.32. The number of halogens is 4. The van der Waals surface area contributed by atoms with Crippen molar-refractivity contribution in [2.24, 2.45) is 11.7 Å². The molecule has 2 nitrogen and oxygen atoms in total. The molecule has 0 aliphatic rings. The summed E-state index contributed by atoms with van der Waals surface area (Å²) >= 11 is 3.17. The highest BCUT2D eigenvalue weighted by Gasteiger charge is 2.30. The lowest BCUT2D eigenvalue weighted by atomic mass is 10.0. The van der Waals surface area contributed by atoms with E-state index in [0.717, 1.165) is 18.6 Å². The summed E-state index contributed by atoms with van der Waals surface area (Å²) in [5.74, 6) is 0.345. The predicted molar refractivity (Wildman–Crippen MR) is 75.1 cm³/mol. The summed E-state index contributed by atoms with van der Waals surface area (Å²) in [7, 11) is 0. The van der Waals surface area contributed by atoms with Crippen molar-refractivity contribution in [3.63, 3.8) is 0 Å². The summed E-state index contributed by atoms with van der Waals surface area (Å²) in [6.07, 6.45) is -3.55. The molecular weight excluding hydrogens is 321 g/mol. The molecule has 1 aromatic rings. The molecule has 0 saturated heterocycles. The summed E-state index contributed by atoms with van der Waals surface area (Å²) in [4.78, 5) is 0. The first-order valence-corrected chi connectivity index (χ1v) is 6.88. The molecule has 108 valence electrons. The lowest BCUT2D eigenvalue weighted by Crippen LogP contribution is -2.28. The Morgan fingerprint density at radius 1 is 1.32 bits per heavy atom. The van der Waals surface area contributed by atoms with Gasteiger partial charge in [-0.2, -0.15) is 13.2 Å². The molecule has 6 heteroatoms. The number of anilines is 1. The van der Waals surface area contributed by atoms with E-state index in [9.17, 15) is 13.2 Å². The van der Waals surface area contributed by atoms with E-state index in [1.54, 1.807) is 0 Å². The number of benzene rings is 1. The first-order valence-electron chi connectivity index (χ1n) is 6.09. The number of hydrogen-bond donors (Lipinski definition) is 2. The number of hydrogen-bond acceptors (Lipinski definition) is 2. The highest BCUT2D eigenvalue weighted by atomic mass is 79.9. The first-order chi connectivity index (χ1) is 8.75. The maximum Gasteiger partial charge on any atom is 0.416 e. The van der Waals surface area contributed by atoms with Crippen LogP contribution < -0.4 is 11.1 Å². The summed E-state index contributed by atoms with van der Waals surface area (Å²) in [5, 5.41) is 3.23. The third-order valence-corrected chi connectivity index (χ3v) is 3.58. The zero-order valence-electron chi connectivity index (χ0n) is 10.9. The normalized spacial score (nSPS) is 13.7. The van der Waals surface area contributed by atoms with Gasteiger partial charge in [-0.05, 0) is 53.0 Å². The summed E-state index contributed by atoms with van der Waals surface area (Å²) in [5.41, 5.74) is 5.53. The second-order valence-corrected chi connectivity index (χ2v) is 5.62. The average Bonchev–Trinajstić information content (AvgIpc) is 2.29. The average molecular weight is 339 g/mol. The monoisotopic (exact) mass is 338 g/mol. The Kier molecular flexibility index (Phi) is 5.67. The molecule has 0 radical (unpaired) electrons. The van der Waals surface area contributed by atoms with Crippen LogP contribution in [0.3, 0.4) is 0 Å². The fraction of sp³-hybridized carbons (Fsp3) is 0.538. The molecule has 0 amide bonds. The zero-order valence-corrected chi connectivity index (χ0v) is 12.5. The SMILES string of the molecule is CC(C)C(CCN)Nc1ccc(C(F)(F)F)cc1Br. The fourth-order valence-corrected chi connectivity index (χ4v) is 2.25.